The van der Waals surface area contributed by atoms with Crippen LogP contribution in [0.4, 0.5) is 0 Å². The van der Waals surface area contributed by atoms with Crippen LogP contribution in [-0.4, -0.2) is 30.6 Å². The van der Waals surface area contributed by atoms with Crippen LogP contribution in [0.2, 0.25) is 0 Å². The Bertz CT molecular complexity index is 823. The van der Waals surface area contributed by atoms with E-state index in [-0.39, 0.29) is 5.56 Å². The molecule has 0 aliphatic heterocycles. The molecule has 0 unspecified atom stereocenters. The van der Waals surface area contributed by atoms with Gasteiger partial charge >= 0.3 is 5.97 Å². The van der Waals surface area contributed by atoms with E-state index in [1.165, 1.54) is 6.33 Å². The summed E-state index contributed by atoms with van der Waals surface area (Å²) < 4.78 is 1.87. The summed E-state index contributed by atoms with van der Waals surface area (Å²) >= 11 is 0. The molecular formula is C14H12N4O2. The lowest BCUT2D eigenvalue weighted by molar-refractivity contribution is 0.0697. The van der Waals surface area contributed by atoms with Crippen LogP contribution >= 0.6 is 0 Å². The Balaban J connectivity index is 2.27. The summed E-state index contributed by atoms with van der Waals surface area (Å²) in [4.78, 5) is 23.7. The molecule has 6 nitrogen and oxygen atoms in total. The first kappa shape index (κ1) is 12.3. The van der Waals surface area contributed by atoms with Crippen LogP contribution in [0.3, 0.4) is 0 Å². The zero-order valence-electron chi connectivity index (χ0n) is 11.0. The SMILES string of the molecule is Cc1ncn(-c2ncnc3cc(C(=O)O)ccc23)c1C. The summed E-state index contributed by atoms with van der Waals surface area (Å²) in [6.45, 7) is 3.89. The first-order valence-electron chi connectivity index (χ1n) is 6.07. The van der Waals surface area contributed by atoms with Crippen LogP contribution in [0.25, 0.3) is 16.7 Å². The van der Waals surface area contributed by atoms with Gasteiger partial charge in [-0.3, -0.25) is 4.57 Å². The molecule has 0 aliphatic rings. The minimum Gasteiger partial charge on any atom is -0.478 e. The summed E-state index contributed by atoms with van der Waals surface area (Å²) in [6.07, 6.45) is 3.13. The Hall–Kier alpha value is -2.76. The van der Waals surface area contributed by atoms with E-state index in [0.29, 0.717) is 11.3 Å². The largest absolute Gasteiger partial charge is 0.478 e. The molecule has 100 valence electrons. The van der Waals surface area contributed by atoms with Crippen molar-refractivity contribution >= 4 is 16.9 Å². The van der Waals surface area contributed by atoms with Crippen molar-refractivity contribution in [2.24, 2.45) is 0 Å². The Morgan fingerprint density at radius 2 is 2.00 bits per heavy atom. The van der Waals surface area contributed by atoms with Gasteiger partial charge in [0.1, 0.15) is 18.5 Å². The molecule has 1 N–H and O–H groups in total. The quantitative estimate of drug-likeness (QED) is 0.770. The number of aryl methyl sites for hydroxylation is 1. The zero-order valence-corrected chi connectivity index (χ0v) is 11.0. The number of carboxylic acid groups (broad SMARTS) is 1. The standard InChI is InChI=1S/C14H12N4O2/c1-8-9(2)18(7-17-8)13-11-4-3-10(14(19)20)5-12(11)15-6-16-13/h3-7H,1-2H3,(H,19,20). The fourth-order valence-corrected chi connectivity index (χ4v) is 2.08. The highest BCUT2D eigenvalue weighted by atomic mass is 16.4. The van der Waals surface area contributed by atoms with Gasteiger partial charge in [0.05, 0.1) is 16.8 Å². The number of hydrogen-bond acceptors (Lipinski definition) is 4. The van der Waals surface area contributed by atoms with Gasteiger partial charge in [0, 0.05) is 11.1 Å². The number of imidazole rings is 1. The molecule has 0 aliphatic carbocycles. The highest BCUT2D eigenvalue weighted by Crippen LogP contribution is 2.21. The summed E-state index contributed by atoms with van der Waals surface area (Å²) in [6, 6.07) is 4.82. The molecule has 0 amide bonds. The van der Waals surface area contributed by atoms with E-state index in [1.807, 2.05) is 18.4 Å². The van der Waals surface area contributed by atoms with Crippen LogP contribution in [0.15, 0.2) is 30.9 Å². The lowest BCUT2D eigenvalue weighted by atomic mass is 10.1. The molecule has 1 aromatic carbocycles. The van der Waals surface area contributed by atoms with Gasteiger partial charge in [-0.2, -0.15) is 0 Å². The zero-order chi connectivity index (χ0) is 14.3. The van der Waals surface area contributed by atoms with Crippen LogP contribution < -0.4 is 0 Å². The molecule has 0 atom stereocenters. The van der Waals surface area contributed by atoms with Crippen molar-refractivity contribution in [2.45, 2.75) is 13.8 Å². The molecule has 3 rings (SSSR count). The smallest absolute Gasteiger partial charge is 0.335 e. The molecule has 2 heterocycles. The second-order valence-corrected chi connectivity index (χ2v) is 4.52. The Morgan fingerprint density at radius 3 is 2.65 bits per heavy atom. The van der Waals surface area contributed by atoms with Gasteiger partial charge in [-0.15, -0.1) is 0 Å². The van der Waals surface area contributed by atoms with E-state index < -0.39 is 5.97 Å². The first-order valence-corrected chi connectivity index (χ1v) is 6.07. The molecule has 6 heteroatoms. The number of carbonyl (C=O) groups is 1. The van der Waals surface area contributed by atoms with E-state index in [2.05, 4.69) is 15.0 Å². The molecule has 2 aromatic heterocycles. The topological polar surface area (TPSA) is 80.9 Å². The van der Waals surface area contributed by atoms with E-state index >= 15 is 0 Å². The third-order valence-electron chi connectivity index (χ3n) is 3.34. The molecule has 0 saturated heterocycles. The van der Waals surface area contributed by atoms with Crippen molar-refractivity contribution in [1.29, 1.82) is 0 Å². The van der Waals surface area contributed by atoms with Crippen LogP contribution in [0.1, 0.15) is 21.7 Å². The lowest BCUT2D eigenvalue weighted by Crippen LogP contribution is -2.02. The number of rotatable bonds is 2. The van der Waals surface area contributed by atoms with Crippen LogP contribution in [0, 0.1) is 13.8 Å². The number of nitrogens with zero attached hydrogens (tertiary/aromatic N) is 4. The van der Waals surface area contributed by atoms with E-state index in [9.17, 15) is 4.79 Å². The minimum absolute atomic E-state index is 0.209. The second-order valence-electron chi connectivity index (χ2n) is 4.52. The molecule has 0 bridgehead atoms. The van der Waals surface area contributed by atoms with Gasteiger partial charge in [0.15, 0.2) is 0 Å². The summed E-state index contributed by atoms with van der Waals surface area (Å²) in [5.74, 6) is -0.272. The summed E-state index contributed by atoms with van der Waals surface area (Å²) in [5, 5.41) is 9.81. The van der Waals surface area contributed by atoms with Crippen molar-refractivity contribution in [3.63, 3.8) is 0 Å². The maximum absolute atomic E-state index is 11.0. The van der Waals surface area contributed by atoms with Gasteiger partial charge in [0.2, 0.25) is 0 Å². The van der Waals surface area contributed by atoms with E-state index in [1.54, 1.807) is 24.5 Å². The Kier molecular flexibility index (Phi) is 2.71. The number of fused-ring (bicyclic) bond motifs is 1. The maximum atomic E-state index is 11.0. The van der Waals surface area contributed by atoms with Gasteiger partial charge < -0.3 is 5.11 Å². The molecule has 3 aromatic rings. The third-order valence-corrected chi connectivity index (χ3v) is 3.34. The molecule has 0 radical (unpaired) electrons. The Labute approximate surface area is 114 Å². The number of carboxylic acids is 1. The third kappa shape index (κ3) is 1.82. The van der Waals surface area contributed by atoms with Crippen molar-refractivity contribution in [3.05, 3.63) is 47.8 Å². The van der Waals surface area contributed by atoms with Gasteiger partial charge in [0.25, 0.3) is 0 Å². The number of aromatic carboxylic acids is 1. The maximum Gasteiger partial charge on any atom is 0.335 e. The van der Waals surface area contributed by atoms with E-state index in [4.69, 9.17) is 5.11 Å². The van der Waals surface area contributed by atoms with Crippen LogP contribution in [0.5, 0.6) is 0 Å². The van der Waals surface area contributed by atoms with Crippen molar-refractivity contribution in [2.75, 3.05) is 0 Å². The highest BCUT2D eigenvalue weighted by molar-refractivity contribution is 5.94. The molecular weight excluding hydrogens is 256 g/mol. The number of aromatic nitrogens is 4. The normalized spacial score (nSPS) is 10.9. The van der Waals surface area contributed by atoms with Crippen molar-refractivity contribution < 1.29 is 9.90 Å². The average molecular weight is 268 g/mol. The average Bonchev–Trinajstić information content (AvgIpc) is 2.77. The van der Waals surface area contributed by atoms with Crippen molar-refractivity contribution in [3.8, 4) is 5.82 Å². The minimum atomic E-state index is -0.971. The summed E-state index contributed by atoms with van der Waals surface area (Å²) in [7, 11) is 0. The molecule has 20 heavy (non-hydrogen) atoms. The lowest BCUT2D eigenvalue weighted by Gasteiger charge is -2.08. The van der Waals surface area contributed by atoms with Gasteiger partial charge in [-0.1, -0.05) is 0 Å². The summed E-state index contributed by atoms with van der Waals surface area (Å²) in [5.41, 5.74) is 2.73. The predicted molar refractivity (Wildman–Crippen MR) is 73.1 cm³/mol. The highest BCUT2D eigenvalue weighted by Gasteiger charge is 2.11. The number of benzene rings is 1. The van der Waals surface area contributed by atoms with Gasteiger partial charge in [-0.25, -0.2) is 19.7 Å². The van der Waals surface area contributed by atoms with Crippen molar-refractivity contribution in [1.82, 2.24) is 19.5 Å². The first-order chi connectivity index (χ1) is 9.58. The number of hydrogen-bond donors (Lipinski definition) is 1. The van der Waals surface area contributed by atoms with Gasteiger partial charge in [-0.05, 0) is 32.0 Å². The fourth-order valence-electron chi connectivity index (χ4n) is 2.08. The molecule has 0 fully saturated rings. The molecule has 0 spiro atoms. The van der Waals surface area contributed by atoms with E-state index in [0.717, 1.165) is 16.8 Å². The fraction of sp³-hybridized carbons (Fsp3) is 0.143. The monoisotopic (exact) mass is 268 g/mol. The molecule has 0 saturated carbocycles. The Morgan fingerprint density at radius 1 is 1.20 bits per heavy atom. The predicted octanol–water partition coefficient (Wildman–Crippen LogP) is 2.13. The second kappa shape index (κ2) is 4.41. The van der Waals surface area contributed by atoms with Crippen LogP contribution in [-0.2, 0) is 0 Å².